The minimum atomic E-state index is -1.25. The molecular weight excluding hydrogens is 430 g/mol. The lowest BCUT2D eigenvalue weighted by atomic mass is 10.1. The van der Waals surface area contributed by atoms with Gasteiger partial charge in [-0.15, -0.1) is 0 Å². The van der Waals surface area contributed by atoms with Crippen molar-refractivity contribution in [3.8, 4) is 0 Å². The Kier molecular flexibility index (Phi) is 7.58. The number of nitrogens with zero attached hydrogens (tertiary/aromatic N) is 3. The van der Waals surface area contributed by atoms with Gasteiger partial charge in [0.15, 0.2) is 12.4 Å². The van der Waals surface area contributed by atoms with Crippen molar-refractivity contribution in [3.05, 3.63) is 47.9 Å². The Bertz CT molecular complexity index is 939. The van der Waals surface area contributed by atoms with Gasteiger partial charge in [0.1, 0.15) is 29.8 Å². The minimum absolute atomic E-state index is 0.107. The van der Waals surface area contributed by atoms with E-state index in [-0.39, 0.29) is 18.7 Å². The van der Waals surface area contributed by atoms with Gasteiger partial charge < -0.3 is 29.9 Å². The molecule has 0 saturated carbocycles. The van der Waals surface area contributed by atoms with Crippen LogP contribution in [0, 0.1) is 0 Å². The van der Waals surface area contributed by atoms with Crippen molar-refractivity contribution < 1.29 is 29.9 Å². The zero-order chi connectivity index (χ0) is 23.4. The molecule has 33 heavy (non-hydrogen) atoms. The Labute approximate surface area is 191 Å². The van der Waals surface area contributed by atoms with Crippen LogP contribution >= 0.6 is 0 Å². The lowest BCUT2D eigenvalue weighted by Crippen LogP contribution is -2.40. The van der Waals surface area contributed by atoms with Crippen molar-refractivity contribution in [1.82, 2.24) is 14.9 Å². The number of fused-ring (bicyclic) bond motifs is 1. The van der Waals surface area contributed by atoms with Crippen molar-refractivity contribution in [2.45, 2.75) is 56.5 Å². The second-order valence-corrected chi connectivity index (χ2v) is 8.16. The number of aliphatic hydroxyl groups is 4. The molecular formula is C22H31N5O6. The number of ether oxygens (including phenoxy) is 2. The largest absolute Gasteiger partial charge is 0.465 e. The fourth-order valence-electron chi connectivity index (χ4n) is 4.01. The monoisotopic (exact) mass is 461 g/mol. The smallest absolute Gasteiger partial charge is 0.292 e. The number of rotatable bonds is 9. The molecule has 4 rings (SSSR count). The molecule has 0 unspecified atom stereocenters. The predicted octanol–water partition coefficient (Wildman–Crippen LogP) is -0.105. The number of nitrogens with one attached hydrogen (secondary N) is 2. The first-order chi connectivity index (χ1) is 16.0. The number of imidazole rings is 1. The molecule has 11 nitrogen and oxygen atoms in total. The first kappa shape index (κ1) is 23.6. The average Bonchev–Trinajstić information content (AvgIpc) is 3.38. The highest BCUT2D eigenvalue weighted by Crippen LogP contribution is 2.36. The molecule has 0 spiro atoms. The predicted molar refractivity (Wildman–Crippen MR) is 119 cm³/mol. The van der Waals surface area contributed by atoms with Gasteiger partial charge in [-0.3, -0.25) is 15.2 Å². The summed E-state index contributed by atoms with van der Waals surface area (Å²) in [4.78, 5) is 9.05. The van der Waals surface area contributed by atoms with E-state index in [9.17, 15) is 20.4 Å². The molecule has 1 aromatic carbocycles. The molecule has 1 aromatic heterocycles. The van der Waals surface area contributed by atoms with Crippen LogP contribution in [0.1, 0.15) is 37.0 Å². The number of aliphatic hydroxyl groups excluding tert-OH is 4. The number of hydrogen-bond acceptors (Lipinski definition) is 10. The third kappa shape index (κ3) is 5.03. The molecule has 0 aliphatic carbocycles. The molecule has 0 radical (unpaired) electrons. The Morgan fingerprint density at radius 2 is 2.00 bits per heavy atom. The zero-order valence-electron chi connectivity index (χ0n) is 18.4. The molecule has 6 atom stereocenters. The molecule has 0 bridgehead atoms. The molecule has 180 valence electrons. The number of aliphatic imine (C=N–C) groups is 1. The lowest BCUT2D eigenvalue weighted by Gasteiger charge is -2.28. The standard InChI is InChI=1S/C22H31N5O6/c1-2-8-32-22-25-19(24-14(10-28)9-13-6-4-3-5-7-13)16-20(26-22)27(12-23-16)21-18(31)17(30)15(11-29)33-21/h3-7,12,14-15,17-19,21,24,28-31H,2,8-11H2,1H3,(H,25,26)/t14-,15+,17+,18+,19-,21+/m0/s1. The number of anilines is 1. The summed E-state index contributed by atoms with van der Waals surface area (Å²) in [6.07, 6.45) is -2.11. The van der Waals surface area contributed by atoms with Gasteiger partial charge in [0.25, 0.3) is 6.02 Å². The average molecular weight is 462 g/mol. The SMILES string of the molecule is CCCOC1=N[C@H](N[C@H](CO)Cc2ccccc2)c2ncn([C@@H]3O[C@H](CO)[C@@H](O)[C@H]3O)c2N1. The maximum Gasteiger partial charge on any atom is 0.292 e. The number of hydrogen-bond donors (Lipinski definition) is 6. The maximum absolute atomic E-state index is 10.5. The van der Waals surface area contributed by atoms with E-state index in [1.807, 2.05) is 37.3 Å². The quantitative estimate of drug-likeness (QED) is 0.300. The minimum Gasteiger partial charge on any atom is -0.465 e. The highest BCUT2D eigenvalue weighted by molar-refractivity contribution is 5.90. The summed E-state index contributed by atoms with van der Waals surface area (Å²) in [7, 11) is 0. The van der Waals surface area contributed by atoms with Crippen LogP contribution in [0.5, 0.6) is 0 Å². The van der Waals surface area contributed by atoms with Crippen molar-refractivity contribution in [3.63, 3.8) is 0 Å². The second-order valence-electron chi connectivity index (χ2n) is 8.16. The summed E-state index contributed by atoms with van der Waals surface area (Å²) in [5.41, 5.74) is 1.60. The van der Waals surface area contributed by atoms with E-state index in [4.69, 9.17) is 9.47 Å². The highest BCUT2D eigenvalue weighted by atomic mass is 16.6. The number of aromatic nitrogens is 2. The van der Waals surface area contributed by atoms with Gasteiger partial charge in [-0.1, -0.05) is 37.3 Å². The van der Waals surface area contributed by atoms with Gasteiger partial charge in [0.2, 0.25) is 0 Å². The molecule has 3 heterocycles. The fraction of sp³-hybridized carbons (Fsp3) is 0.545. The van der Waals surface area contributed by atoms with E-state index in [0.717, 1.165) is 12.0 Å². The third-order valence-corrected chi connectivity index (χ3v) is 5.73. The van der Waals surface area contributed by atoms with Crippen LogP contribution in [0.2, 0.25) is 0 Å². The van der Waals surface area contributed by atoms with Gasteiger partial charge in [0, 0.05) is 6.04 Å². The van der Waals surface area contributed by atoms with Gasteiger partial charge >= 0.3 is 0 Å². The van der Waals surface area contributed by atoms with Crippen LogP contribution < -0.4 is 10.6 Å². The van der Waals surface area contributed by atoms with Crippen LogP contribution in [0.4, 0.5) is 5.82 Å². The van der Waals surface area contributed by atoms with Crippen molar-refractivity contribution in [1.29, 1.82) is 0 Å². The summed E-state index contributed by atoms with van der Waals surface area (Å²) in [5, 5.41) is 46.5. The molecule has 1 fully saturated rings. The maximum atomic E-state index is 10.5. The molecule has 0 amide bonds. The van der Waals surface area contributed by atoms with Crippen LogP contribution in [0.3, 0.4) is 0 Å². The molecule has 2 aliphatic heterocycles. The third-order valence-electron chi connectivity index (χ3n) is 5.73. The number of benzene rings is 1. The first-order valence-corrected chi connectivity index (χ1v) is 11.1. The first-order valence-electron chi connectivity index (χ1n) is 11.1. The molecule has 11 heteroatoms. The number of amidine groups is 1. The summed E-state index contributed by atoms with van der Waals surface area (Å²) in [6.45, 7) is 1.90. The van der Waals surface area contributed by atoms with Crippen LogP contribution in [-0.2, 0) is 15.9 Å². The second kappa shape index (κ2) is 10.6. The van der Waals surface area contributed by atoms with E-state index in [0.29, 0.717) is 24.5 Å². The topological polar surface area (TPSA) is 154 Å². The van der Waals surface area contributed by atoms with Crippen LogP contribution in [0.15, 0.2) is 41.7 Å². The lowest BCUT2D eigenvalue weighted by molar-refractivity contribution is -0.0518. The zero-order valence-corrected chi connectivity index (χ0v) is 18.4. The Hall–Kier alpha value is -2.54. The molecule has 6 N–H and O–H groups in total. The fourth-order valence-corrected chi connectivity index (χ4v) is 4.01. The van der Waals surface area contributed by atoms with E-state index in [1.54, 1.807) is 4.57 Å². The van der Waals surface area contributed by atoms with E-state index >= 15 is 0 Å². The van der Waals surface area contributed by atoms with Crippen molar-refractivity contribution in [2.24, 2.45) is 4.99 Å². The van der Waals surface area contributed by atoms with Crippen molar-refractivity contribution >= 4 is 11.8 Å². The normalized spacial score (nSPS) is 27.5. The van der Waals surface area contributed by atoms with Gasteiger partial charge in [-0.05, 0) is 18.4 Å². The van der Waals surface area contributed by atoms with Gasteiger partial charge in [-0.2, -0.15) is 0 Å². The van der Waals surface area contributed by atoms with Gasteiger partial charge in [0.05, 0.1) is 26.1 Å². The Balaban J connectivity index is 1.59. The summed E-state index contributed by atoms with van der Waals surface area (Å²) in [6, 6.07) is 9.80. The Morgan fingerprint density at radius 3 is 2.67 bits per heavy atom. The van der Waals surface area contributed by atoms with E-state index in [2.05, 4.69) is 20.6 Å². The van der Waals surface area contributed by atoms with E-state index in [1.165, 1.54) is 6.33 Å². The summed E-state index contributed by atoms with van der Waals surface area (Å²) < 4.78 is 13.0. The molecule has 1 saturated heterocycles. The molecule has 2 aliphatic rings. The summed E-state index contributed by atoms with van der Waals surface area (Å²) >= 11 is 0. The summed E-state index contributed by atoms with van der Waals surface area (Å²) in [5.74, 6) is 0.486. The van der Waals surface area contributed by atoms with Crippen molar-refractivity contribution in [2.75, 3.05) is 25.1 Å². The Morgan fingerprint density at radius 1 is 1.21 bits per heavy atom. The van der Waals surface area contributed by atoms with E-state index < -0.39 is 37.3 Å². The highest BCUT2D eigenvalue weighted by Gasteiger charge is 2.45. The molecule has 2 aromatic rings. The van der Waals surface area contributed by atoms with Crippen LogP contribution in [0.25, 0.3) is 0 Å². The van der Waals surface area contributed by atoms with Gasteiger partial charge in [-0.25, -0.2) is 9.98 Å². The van der Waals surface area contributed by atoms with Crippen LogP contribution in [-0.4, -0.2) is 80.2 Å².